The summed E-state index contributed by atoms with van der Waals surface area (Å²) in [7, 11) is 1.70. The molecule has 0 spiro atoms. The van der Waals surface area contributed by atoms with Gasteiger partial charge < -0.3 is 4.90 Å². The molecule has 1 atom stereocenters. The molecule has 0 aliphatic heterocycles. The zero-order valence-corrected chi connectivity index (χ0v) is 13.6. The van der Waals surface area contributed by atoms with Crippen LogP contribution in [0.1, 0.15) is 6.92 Å². The highest BCUT2D eigenvalue weighted by Crippen LogP contribution is 2.26. The van der Waals surface area contributed by atoms with Crippen LogP contribution in [-0.4, -0.2) is 44.7 Å². The number of hydrogen-bond acceptors (Lipinski definition) is 5. The molecule has 21 heavy (non-hydrogen) atoms. The summed E-state index contributed by atoms with van der Waals surface area (Å²) in [6, 6.07) is 0. The Morgan fingerprint density at radius 2 is 2.14 bits per heavy atom. The van der Waals surface area contributed by atoms with E-state index in [2.05, 4.69) is 15.1 Å². The minimum atomic E-state index is -0.0792. The fourth-order valence-corrected chi connectivity index (χ4v) is 2.78. The number of nitrogens with zero attached hydrogens (tertiary/aromatic N) is 5. The Bertz CT molecular complexity index is 618. The summed E-state index contributed by atoms with van der Waals surface area (Å²) in [5.41, 5.74) is 1.25. The highest BCUT2D eigenvalue weighted by atomic mass is 35.5. The van der Waals surface area contributed by atoms with Gasteiger partial charge in [-0.3, -0.25) is 4.79 Å². The number of carbonyl (C=O) groups is 1. The van der Waals surface area contributed by atoms with Crippen LogP contribution >= 0.6 is 23.4 Å². The van der Waals surface area contributed by atoms with Crippen molar-refractivity contribution in [3.63, 3.8) is 0 Å². The van der Waals surface area contributed by atoms with Crippen molar-refractivity contribution in [2.75, 3.05) is 24.0 Å². The quantitative estimate of drug-likeness (QED) is 0.844. The molecule has 2 aromatic heterocycles. The Morgan fingerprint density at radius 1 is 1.48 bits per heavy atom. The molecule has 0 radical (unpaired) electrons. The number of anilines is 1. The summed E-state index contributed by atoms with van der Waals surface area (Å²) in [6.45, 7) is 1.90. The first-order valence-electron chi connectivity index (χ1n) is 6.31. The van der Waals surface area contributed by atoms with Crippen molar-refractivity contribution >= 4 is 35.0 Å². The Hall–Kier alpha value is -1.60. The van der Waals surface area contributed by atoms with Crippen molar-refractivity contribution in [1.82, 2.24) is 19.7 Å². The zero-order chi connectivity index (χ0) is 15.4. The van der Waals surface area contributed by atoms with Crippen molar-refractivity contribution in [1.29, 1.82) is 0 Å². The van der Waals surface area contributed by atoms with Gasteiger partial charge in [0, 0.05) is 18.7 Å². The van der Waals surface area contributed by atoms with Crippen molar-refractivity contribution in [3.05, 3.63) is 30.1 Å². The zero-order valence-electron chi connectivity index (χ0n) is 12.0. The molecule has 0 N–H and O–H groups in total. The van der Waals surface area contributed by atoms with E-state index >= 15 is 0 Å². The molecule has 0 aliphatic rings. The number of amides is 1. The van der Waals surface area contributed by atoms with Gasteiger partial charge in [-0.1, -0.05) is 18.5 Å². The maximum absolute atomic E-state index is 12.3. The highest BCUT2D eigenvalue weighted by molar-refractivity contribution is 7.98. The molecule has 0 bridgehead atoms. The van der Waals surface area contributed by atoms with E-state index in [1.807, 2.05) is 13.2 Å². The summed E-state index contributed by atoms with van der Waals surface area (Å²) in [5, 5.41) is 4.46. The summed E-state index contributed by atoms with van der Waals surface area (Å²) in [5.74, 6) is 0.696. The summed E-state index contributed by atoms with van der Waals surface area (Å²) < 4.78 is 1.56. The molecule has 1 unspecified atom stereocenters. The van der Waals surface area contributed by atoms with Crippen molar-refractivity contribution < 1.29 is 4.79 Å². The van der Waals surface area contributed by atoms with E-state index in [4.69, 9.17) is 11.6 Å². The number of halogens is 1. The standard InChI is InChI=1S/C13H16ClN5OS/c1-9(7-21-3)13(20)18(2)11-6-19(17-12(11)14)10-4-15-8-16-5-10/h4-6,8-9H,7H2,1-3H3. The lowest BCUT2D eigenvalue weighted by Crippen LogP contribution is -2.32. The molecule has 2 heterocycles. The molecule has 0 saturated heterocycles. The molecular weight excluding hydrogens is 310 g/mol. The summed E-state index contributed by atoms with van der Waals surface area (Å²) in [4.78, 5) is 21.7. The average molecular weight is 326 g/mol. The average Bonchev–Trinajstić information content (AvgIpc) is 2.89. The SMILES string of the molecule is CSCC(C)C(=O)N(C)c1cn(-c2cncnc2)nc1Cl. The van der Waals surface area contributed by atoms with Crippen LogP contribution in [0.2, 0.25) is 5.15 Å². The Morgan fingerprint density at radius 3 is 2.76 bits per heavy atom. The van der Waals surface area contributed by atoms with E-state index < -0.39 is 0 Å². The molecule has 0 fully saturated rings. The van der Waals surface area contributed by atoms with Crippen LogP contribution in [0.15, 0.2) is 24.9 Å². The second-order valence-corrected chi connectivity index (χ2v) is 5.87. The molecule has 0 aromatic carbocycles. The second kappa shape index (κ2) is 6.91. The third kappa shape index (κ3) is 3.54. The van der Waals surface area contributed by atoms with Crippen molar-refractivity contribution in [2.24, 2.45) is 5.92 Å². The molecule has 1 amide bonds. The normalized spacial score (nSPS) is 12.2. The topological polar surface area (TPSA) is 63.9 Å². The lowest BCUT2D eigenvalue weighted by molar-refractivity contribution is -0.120. The third-order valence-electron chi connectivity index (χ3n) is 2.99. The second-order valence-electron chi connectivity index (χ2n) is 4.60. The van der Waals surface area contributed by atoms with Gasteiger partial charge >= 0.3 is 0 Å². The first kappa shape index (κ1) is 15.8. The van der Waals surface area contributed by atoms with Gasteiger partial charge in [-0.2, -0.15) is 16.9 Å². The lowest BCUT2D eigenvalue weighted by Gasteiger charge is -2.19. The first-order chi connectivity index (χ1) is 10.0. The van der Waals surface area contributed by atoms with Crippen molar-refractivity contribution in [2.45, 2.75) is 6.92 Å². The summed E-state index contributed by atoms with van der Waals surface area (Å²) in [6.07, 6.45) is 8.36. The lowest BCUT2D eigenvalue weighted by atomic mass is 10.2. The van der Waals surface area contributed by atoms with Gasteiger partial charge in [-0.05, 0) is 6.26 Å². The number of aromatic nitrogens is 4. The van der Waals surface area contributed by atoms with Crippen molar-refractivity contribution in [3.8, 4) is 5.69 Å². The molecule has 0 aliphatic carbocycles. The maximum Gasteiger partial charge on any atom is 0.230 e. The van der Waals surface area contributed by atoms with Crippen LogP contribution in [0.4, 0.5) is 5.69 Å². The van der Waals surface area contributed by atoms with E-state index in [1.54, 1.807) is 42.1 Å². The van der Waals surface area contributed by atoms with Gasteiger partial charge in [-0.25, -0.2) is 14.6 Å². The van der Waals surface area contributed by atoms with E-state index in [0.29, 0.717) is 11.4 Å². The molecular formula is C13H16ClN5OS. The van der Waals surface area contributed by atoms with Gasteiger partial charge in [0.25, 0.3) is 0 Å². The number of rotatable bonds is 5. The fourth-order valence-electron chi connectivity index (χ4n) is 1.88. The number of thioether (sulfide) groups is 1. The molecule has 6 nitrogen and oxygen atoms in total. The van der Waals surface area contributed by atoms with E-state index in [0.717, 1.165) is 5.75 Å². The first-order valence-corrected chi connectivity index (χ1v) is 8.08. The minimum absolute atomic E-state index is 0.00936. The predicted molar refractivity (Wildman–Crippen MR) is 85.1 cm³/mol. The van der Waals surface area contributed by atoms with E-state index in [9.17, 15) is 4.79 Å². The molecule has 2 aromatic rings. The Labute approximate surface area is 132 Å². The maximum atomic E-state index is 12.3. The van der Waals surface area contributed by atoms with Crippen LogP contribution in [0.25, 0.3) is 5.69 Å². The molecule has 2 rings (SSSR count). The van der Waals surface area contributed by atoms with Crippen LogP contribution in [0.5, 0.6) is 0 Å². The number of hydrogen-bond donors (Lipinski definition) is 0. The molecule has 8 heteroatoms. The van der Waals surface area contributed by atoms with Crippen LogP contribution in [-0.2, 0) is 4.79 Å². The predicted octanol–water partition coefficient (Wildman–Crippen LogP) is 2.28. The Kier molecular flexibility index (Phi) is 5.19. The minimum Gasteiger partial charge on any atom is -0.311 e. The molecule has 112 valence electrons. The fraction of sp³-hybridized carbons (Fsp3) is 0.385. The molecule has 0 saturated carbocycles. The smallest absolute Gasteiger partial charge is 0.230 e. The van der Waals surface area contributed by atoms with Gasteiger partial charge in [0.1, 0.15) is 17.7 Å². The van der Waals surface area contributed by atoms with Crippen LogP contribution in [0.3, 0.4) is 0 Å². The summed E-state index contributed by atoms with van der Waals surface area (Å²) >= 11 is 7.78. The van der Waals surface area contributed by atoms with E-state index in [1.165, 1.54) is 11.2 Å². The van der Waals surface area contributed by atoms with Gasteiger partial charge in [0.15, 0.2) is 5.15 Å². The Balaban J connectivity index is 2.25. The highest BCUT2D eigenvalue weighted by Gasteiger charge is 2.22. The van der Waals surface area contributed by atoms with Gasteiger partial charge in [-0.15, -0.1) is 0 Å². The van der Waals surface area contributed by atoms with Gasteiger partial charge in [0.05, 0.1) is 18.6 Å². The largest absolute Gasteiger partial charge is 0.311 e. The van der Waals surface area contributed by atoms with Crippen LogP contribution in [0, 0.1) is 5.92 Å². The number of carbonyl (C=O) groups excluding carboxylic acids is 1. The van der Waals surface area contributed by atoms with Gasteiger partial charge in [0.2, 0.25) is 5.91 Å². The monoisotopic (exact) mass is 325 g/mol. The van der Waals surface area contributed by atoms with E-state index in [-0.39, 0.29) is 17.0 Å². The van der Waals surface area contributed by atoms with Crippen LogP contribution < -0.4 is 4.90 Å². The third-order valence-corrected chi connectivity index (χ3v) is 4.10.